The zero-order valence-electron chi connectivity index (χ0n) is 7.49. The zero-order valence-corrected chi connectivity index (χ0v) is 7.49. The molecule has 0 saturated carbocycles. The highest BCUT2D eigenvalue weighted by Crippen LogP contribution is 2.16. The molecule has 1 rings (SSSR count). The number of aliphatic imine (C=N–C) groups is 1. The van der Waals surface area contributed by atoms with Gasteiger partial charge in [0.2, 0.25) is 6.08 Å². The molecule has 0 aromatic carbocycles. The summed E-state index contributed by atoms with van der Waals surface area (Å²) in [5.74, 6) is -0.399. The highest BCUT2D eigenvalue weighted by molar-refractivity contribution is 5.81. The Labute approximate surface area is 77.0 Å². The summed E-state index contributed by atoms with van der Waals surface area (Å²) in [6.07, 6.45) is 5.66. The van der Waals surface area contributed by atoms with Gasteiger partial charge >= 0.3 is 0 Å². The topological polar surface area (TPSA) is 55.7 Å². The molecular weight excluding hydrogens is 170 g/mol. The van der Waals surface area contributed by atoms with Crippen LogP contribution in [0.3, 0.4) is 0 Å². The van der Waals surface area contributed by atoms with Gasteiger partial charge in [0.15, 0.2) is 0 Å². The van der Waals surface area contributed by atoms with E-state index in [4.69, 9.17) is 4.74 Å². The maximum Gasteiger partial charge on any atom is 0.256 e. The van der Waals surface area contributed by atoms with Crippen molar-refractivity contribution in [1.29, 1.82) is 0 Å². The molecule has 1 saturated heterocycles. The smallest absolute Gasteiger partial charge is 0.256 e. The molecule has 1 aliphatic heterocycles. The zero-order chi connectivity index (χ0) is 9.52. The average Bonchev–Trinajstić information content (AvgIpc) is 2.17. The lowest BCUT2D eigenvalue weighted by molar-refractivity contribution is -0.118. The fourth-order valence-electron chi connectivity index (χ4n) is 1.43. The van der Waals surface area contributed by atoms with Gasteiger partial charge in [-0.15, -0.1) is 4.99 Å². The van der Waals surface area contributed by atoms with Crippen LogP contribution in [0.1, 0.15) is 32.1 Å². The quantitative estimate of drug-likeness (QED) is 0.488. The largest absolute Gasteiger partial charge is 0.378 e. The number of amides is 1. The van der Waals surface area contributed by atoms with E-state index in [1.807, 2.05) is 0 Å². The third kappa shape index (κ3) is 3.97. The first-order valence-corrected chi connectivity index (χ1v) is 4.55. The summed E-state index contributed by atoms with van der Waals surface area (Å²) >= 11 is 0. The molecule has 1 unspecified atom stereocenters. The van der Waals surface area contributed by atoms with E-state index in [-0.39, 0.29) is 6.10 Å². The van der Waals surface area contributed by atoms with Crippen molar-refractivity contribution in [3.63, 3.8) is 0 Å². The number of nitrogens with zero attached hydrogens (tertiary/aromatic N) is 1. The Morgan fingerprint density at radius 1 is 1.54 bits per heavy atom. The lowest BCUT2D eigenvalue weighted by Crippen LogP contribution is -2.19. The van der Waals surface area contributed by atoms with Gasteiger partial charge in [0.25, 0.3) is 5.91 Å². The average molecular weight is 183 g/mol. The summed E-state index contributed by atoms with van der Waals surface area (Å²) < 4.78 is 5.41. The van der Waals surface area contributed by atoms with E-state index in [1.165, 1.54) is 6.08 Å². The minimum Gasteiger partial charge on any atom is -0.378 e. The first-order chi connectivity index (χ1) is 6.33. The molecule has 1 aliphatic rings. The molecule has 1 heterocycles. The van der Waals surface area contributed by atoms with E-state index < -0.39 is 5.91 Å². The second kappa shape index (κ2) is 5.62. The number of hydrogen-bond acceptors (Lipinski definition) is 3. The minimum absolute atomic E-state index is 0.180. The van der Waals surface area contributed by atoms with Gasteiger partial charge in [-0.3, -0.25) is 4.79 Å². The maximum absolute atomic E-state index is 10.8. The van der Waals surface area contributed by atoms with Crippen molar-refractivity contribution in [1.82, 2.24) is 0 Å². The second-order valence-electron chi connectivity index (χ2n) is 3.12. The van der Waals surface area contributed by atoms with Crippen LogP contribution in [0.4, 0.5) is 0 Å². The van der Waals surface area contributed by atoms with Crippen LogP contribution in [-0.2, 0) is 14.3 Å². The van der Waals surface area contributed by atoms with Crippen molar-refractivity contribution in [2.75, 3.05) is 6.61 Å². The molecule has 4 heteroatoms. The Balaban J connectivity index is 2.17. The maximum atomic E-state index is 10.8. The molecule has 4 nitrogen and oxygen atoms in total. The number of carbonyl (C=O) groups is 1. The lowest BCUT2D eigenvalue weighted by atomic mass is 10.0. The normalized spacial score (nSPS) is 22.0. The minimum atomic E-state index is -0.399. The Hall–Kier alpha value is -0.990. The summed E-state index contributed by atoms with van der Waals surface area (Å²) in [5, 5.41) is 0. The van der Waals surface area contributed by atoms with E-state index in [0.717, 1.165) is 25.9 Å². The Morgan fingerprint density at radius 2 is 2.38 bits per heavy atom. The summed E-state index contributed by atoms with van der Waals surface area (Å²) in [5.41, 5.74) is 0. The highest BCUT2D eigenvalue weighted by atomic mass is 16.5. The van der Waals surface area contributed by atoms with Gasteiger partial charge in [-0.2, -0.15) is 0 Å². The molecule has 0 aromatic rings. The molecule has 1 fully saturated rings. The molecule has 0 aromatic heterocycles. The van der Waals surface area contributed by atoms with Gasteiger partial charge in [-0.25, -0.2) is 4.79 Å². The molecule has 13 heavy (non-hydrogen) atoms. The number of rotatable bonds is 3. The molecule has 0 bridgehead atoms. The Bertz CT molecular complexity index is 215. The first kappa shape index (κ1) is 10.1. The highest BCUT2D eigenvalue weighted by Gasteiger charge is 2.14. The number of hydrogen-bond donors (Lipinski definition) is 0. The van der Waals surface area contributed by atoms with E-state index in [1.54, 1.807) is 0 Å². The first-order valence-electron chi connectivity index (χ1n) is 4.55. The number of carbonyl (C=O) groups excluding carboxylic acids is 2. The summed E-state index contributed by atoms with van der Waals surface area (Å²) in [6.45, 7) is 0.788. The van der Waals surface area contributed by atoms with Gasteiger partial charge in [-0.1, -0.05) is 0 Å². The molecule has 72 valence electrons. The third-order valence-electron chi connectivity index (χ3n) is 2.12. The van der Waals surface area contributed by atoms with Crippen molar-refractivity contribution in [2.45, 2.75) is 38.2 Å². The third-order valence-corrected chi connectivity index (χ3v) is 2.12. The molecule has 0 spiro atoms. The Kier molecular flexibility index (Phi) is 4.36. The van der Waals surface area contributed by atoms with E-state index >= 15 is 0 Å². The van der Waals surface area contributed by atoms with Crippen LogP contribution in [-0.4, -0.2) is 24.7 Å². The van der Waals surface area contributed by atoms with Gasteiger partial charge in [-0.05, 0) is 25.7 Å². The monoisotopic (exact) mass is 183 g/mol. The van der Waals surface area contributed by atoms with Gasteiger partial charge in [0.1, 0.15) is 0 Å². The fraction of sp³-hybridized carbons (Fsp3) is 0.778. The molecule has 1 atom stereocenters. The standard InChI is InChI=1S/C9H13NO3/c11-7-10-9(12)5-4-8-3-1-2-6-13-8/h8H,1-6H2. The number of isocyanates is 1. The van der Waals surface area contributed by atoms with Crippen molar-refractivity contribution in [2.24, 2.45) is 4.99 Å². The molecule has 0 aliphatic carbocycles. The van der Waals surface area contributed by atoms with Gasteiger partial charge in [0, 0.05) is 13.0 Å². The molecule has 0 N–H and O–H groups in total. The van der Waals surface area contributed by atoms with Crippen molar-refractivity contribution in [3.05, 3.63) is 0 Å². The van der Waals surface area contributed by atoms with E-state index in [2.05, 4.69) is 4.99 Å². The fourth-order valence-corrected chi connectivity index (χ4v) is 1.43. The van der Waals surface area contributed by atoms with Crippen LogP contribution in [0.25, 0.3) is 0 Å². The van der Waals surface area contributed by atoms with Crippen LogP contribution in [0.5, 0.6) is 0 Å². The van der Waals surface area contributed by atoms with Gasteiger partial charge < -0.3 is 4.74 Å². The lowest BCUT2D eigenvalue weighted by Gasteiger charge is -2.21. The van der Waals surface area contributed by atoms with E-state index in [0.29, 0.717) is 12.8 Å². The van der Waals surface area contributed by atoms with Crippen LogP contribution < -0.4 is 0 Å². The predicted octanol–water partition coefficient (Wildman–Crippen LogP) is 1.20. The van der Waals surface area contributed by atoms with Crippen LogP contribution in [0.2, 0.25) is 0 Å². The number of ether oxygens (including phenoxy) is 1. The Morgan fingerprint density at radius 3 is 3.00 bits per heavy atom. The SMILES string of the molecule is O=C=NC(=O)CCC1CCCCO1. The second-order valence-corrected chi connectivity index (χ2v) is 3.12. The summed E-state index contributed by atoms with van der Waals surface area (Å²) in [7, 11) is 0. The van der Waals surface area contributed by atoms with Crippen molar-refractivity contribution < 1.29 is 14.3 Å². The van der Waals surface area contributed by atoms with Crippen molar-refractivity contribution >= 4 is 12.0 Å². The predicted molar refractivity (Wildman–Crippen MR) is 46.0 cm³/mol. The molecule has 1 amide bonds. The van der Waals surface area contributed by atoms with Crippen LogP contribution in [0.15, 0.2) is 4.99 Å². The molecular formula is C9H13NO3. The van der Waals surface area contributed by atoms with Crippen molar-refractivity contribution in [3.8, 4) is 0 Å². The van der Waals surface area contributed by atoms with Crippen LogP contribution >= 0.6 is 0 Å². The van der Waals surface area contributed by atoms with Gasteiger partial charge in [0.05, 0.1) is 6.10 Å². The summed E-state index contributed by atoms with van der Waals surface area (Å²) in [6, 6.07) is 0. The van der Waals surface area contributed by atoms with E-state index in [9.17, 15) is 9.59 Å². The summed E-state index contributed by atoms with van der Waals surface area (Å²) in [4.78, 5) is 23.5. The van der Waals surface area contributed by atoms with Crippen LogP contribution in [0, 0.1) is 0 Å². The molecule has 0 radical (unpaired) electrons.